The summed E-state index contributed by atoms with van der Waals surface area (Å²) in [5.74, 6) is 0.186. The number of rotatable bonds is 6. The number of carboxylic acids is 1. The lowest BCUT2D eigenvalue weighted by atomic mass is 10.1. The molecule has 1 aliphatic carbocycles. The lowest BCUT2D eigenvalue weighted by Crippen LogP contribution is -2.28. The summed E-state index contributed by atoms with van der Waals surface area (Å²) in [4.78, 5) is 11.9. The first-order valence-corrected chi connectivity index (χ1v) is 6.59. The van der Waals surface area contributed by atoms with Gasteiger partial charge < -0.3 is 10.0 Å². The molecule has 5 heteroatoms. The summed E-state index contributed by atoms with van der Waals surface area (Å²) in [6.07, 6.45) is 9.33. The maximum absolute atomic E-state index is 14.1. The number of carbonyl (C=O) groups is 1. The number of anilines is 1. The second-order valence-electron chi connectivity index (χ2n) is 5.03. The van der Waals surface area contributed by atoms with E-state index in [-0.39, 0.29) is 17.8 Å². The van der Waals surface area contributed by atoms with Crippen molar-refractivity contribution in [3.8, 4) is 12.3 Å². The molecule has 1 saturated carbocycles. The van der Waals surface area contributed by atoms with Crippen LogP contribution in [0.2, 0.25) is 0 Å². The summed E-state index contributed by atoms with van der Waals surface area (Å²) in [6.45, 7) is 0.664. The van der Waals surface area contributed by atoms with Gasteiger partial charge in [0, 0.05) is 12.6 Å². The quantitative estimate of drug-likeness (QED) is 0.647. The number of carboxylic acid groups (broad SMARTS) is 1. The molecule has 0 bridgehead atoms. The second kappa shape index (κ2) is 6.40. The number of aliphatic carboxylic acids is 1. The molecule has 2 rings (SSSR count). The molecule has 1 aliphatic rings. The fourth-order valence-electron chi connectivity index (χ4n) is 2.11. The Labute approximate surface area is 121 Å². The Kier molecular flexibility index (Phi) is 4.59. The topological polar surface area (TPSA) is 40.5 Å². The van der Waals surface area contributed by atoms with Crippen LogP contribution in [0.15, 0.2) is 18.2 Å². The molecule has 21 heavy (non-hydrogen) atoms. The number of hydrogen-bond acceptors (Lipinski definition) is 2. The summed E-state index contributed by atoms with van der Waals surface area (Å²) >= 11 is 0. The van der Waals surface area contributed by atoms with Gasteiger partial charge in [0.05, 0.1) is 6.54 Å². The van der Waals surface area contributed by atoms with Crippen molar-refractivity contribution in [2.24, 2.45) is 5.92 Å². The molecule has 0 aromatic heterocycles. The number of terminal acetylenes is 1. The molecule has 3 nitrogen and oxygen atoms in total. The number of hydrogen-bond donors (Lipinski definition) is 1. The van der Waals surface area contributed by atoms with Gasteiger partial charge in [-0.2, -0.15) is 0 Å². The van der Waals surface area contributed by atoms with Crippen molar-refractivity contribution in [2.45, 2.75) is 12.8 Å². The highest BCUT2D eigenvalue weighted by Crippen LogP contribution is 2.33. The smallest absolute Gasteiger partial charge is 0.328 e. The van der Waals surface area contributed by atoms with Gasteiger partial charge >= 0.3 is 5.97 Å². The van der Waals surface area contributed by atoms with Gasteiger partial charge in [0.25, 0.3) is 0 Å². The lowest BCUT2D eigenvalue weighted by Gasteiger charge is -2.23. The van der Waals surface area contributed by atoms with Gasteiger partial charge in [0.1, 0.15) is 17.3 Å². The van der Waals surface area contributed by atoms with Gasteiger partial charge in [-0.3, -0.25) is 0 Å². The average molecular weight is 291 g/mol. The van der Waals surface area contributed by atoms with Crippen molar-refractivity contribution in [3.63, 3.8) is 0 Å². The average Bonchev–Trinajstić information content (AvgIpc) is 3.19. The van der Waals surface area contributed by atoms with Crippen LogP contribution in [0.3, 0.4) is 0 Å². The molecule has 0 spiro atoms. The van der Waals surface area contributed by atoms with Crippen molar-refractivity contribution >= 4 is 17.7 Å². The molecular formula is C16H15F2NO2. The molecule has 0 aliphatic heterocycles. The zero-order valence-corrected chi connectivity index (χ0v) is 11.4. The van der Waals surface area contributed by atoms with Crippen LogP contribution < -0.4 is 4.90 Å². The minimum absolute atomic E-state index is 0.134. The van der Waals surface area contributed by atoms with E-state index in [4.69, 9.17) is 11.5 Å². The van der Waals surface area contributed by atoms with Crippen molar-refractivity contribution in [1.82, 2.24) is 0 Å². The second-order valence-corrected chi connectivity index (χ2v) is 5.03. The lowest BCUT2D eigenvalue weighted by molar-refractivity contribution is -0.131. The first-order valence-electron chi connectivity index (χ1n) is 6.59. The minimum Gasteiger partial charge on any atom is -0.478 e. The predicted molar refractivity (Wildman–Crippen MR) is 76.8 cm³/mol. The van der Waals surface area contributed by atoms with Gasteiger partial charge in [0.2, 0.25) is 0 Å². The molecule has 0 atom stereocenters. The molecule has 0 radical (unpaired) electrons. The molecule has 1 fully saturated rings. The summed E-state index contributed by atoms with van der Waals surface area (Å²) in [5, 5.41) is 8.53. The van der Waals surface area contributed by atoms with Crippen LogP contribution in [0.1, 0.15) is 18.4 Å². The van der Waals surface area contributed by atoms with E-state index in [1.54, 1.807) is 0 Å². The fraction of sp³-hybridized carbons (Fsp3) is 0.312. The Morgan fingerprint density at radius 3 is 2.52 bits per heavy atom. The number of halogens is 2. The van der Waals surface area contributed by atoms with Crippen molar-refractivity contribution in [1.29, 1.82) is 0 Å². The SMILES string of the molecule is C#CCN(CC1CC1)c1c(F)cc(/C=C/C(=O)O)cc1F. The molecule has 0 unspecified atom stereocenters. The van der Waals surface area contributed by atoms with Gasteiger partial charge in [-0.25, -0.2) is 13.6 Å². The maximum Gasteiger partial charge on any atom is 0.328 e. The zero-order valence-electron chi connectivity index (χ0n) is 11.4. The zero-order chi connectivity index (χ0) is 15.4. The minimum atomic E-state index is -1.18. The van der Waals surface area contributed by atoms with E-state index in [1.165, 1.54) is 4.90 Å². The first kappa shape index (κ1) is 15.0. The highest BCUT2D eigenvalue weighted by molar-refractivity contribution is 5.85. The summed E-state index contributed by atoms with van der Waals surface area (Å²) in [7, 11) is 0. The normalized spacial score (nSPS) is 14.1. The fourth-order valence-corrected chi connectivity index (χ4v) is 2.11. The van der Waals surface area contributed by atoms with Gasteiger partial charge in [-0.1, -0.05) is 5.92 Å². The summed E-state index contributed by atoms with van der Waals surface area (Å²) < 4.78 is 28.3. The van der Waals surface area contributed by atoms with E-state index in [0.29, 0.717) is 12.5 Å². The monoisotopic (exact) mass is 291 g/mol. The number of benzene rings is 1. The molecule has 0 amide bonds. The van der Waals surface area contributed by atoms with E-state index in [1.807, 2.05) is 0 Å². The van der Waals surface area contributed by atoms with Crippen molar-refractivity contribution < 1.29 is 18.7 Å². The summed E-state index contributed by atoms with van der Waals surface area (Å²) in [6, 6.07) is 2.21. The largest absolute Gasteiger partial charge is 0.478 e. The number of nitrogens with zero attached hydrogens (tertiary/aromatic N) is 1. The van der Waals surface area contributed by atoms with Crippen LogP contribution in [0.25, 0.3) is 6.08 Å². The predicted octanol–water partition coefficient (Wildman–Crippen LogP) is 2.91. The Morgan fingerprint density at radius 1 is 1.43 bits per heavy atom. The third-order valence-electron chi connectivity index (χ3n) is 3.23. The van der Waals surface area contributed by atoms with Crippen LogP contribution in [0.5, 0.6) is 0 Å². The van der Waals surface area contributed by atoms with Crippen LogP contribution in [-0.2, 0) is 4.79 Å². The molecule has 1 N–H and O–H groups in total. The van der Waals surface area contributed by atoms with E-state index < -0.39 is 17.6 Å². The molecular weight excluding hydrogens is 276 g/mol. The molecule has 0 saturated heterocycles. The molecule has 0 heterocycles. The Bertz CT molecular complexity index is 592. The van der Waals surface area contributed by atoms with Crippen LogP contribution in [-0.4, -0.2) is 24.2 Å². The summed E-state index contributed by atoms with van der Waals surface area (Å²) in [5.41, 5.74) is 0.00977. The molecule has 110 valence electrons. The van der Waals surface area contributed by atoms with E-state index in [2.05, 4.69) is 5.92 Å². The Hall–Kier alpha value is -2.35. The third kappa shape index (κ3) is 4.06. The first-order chi connectivity index (χ1) is 10.0. The van der Waals surface area contributed by atoms with Crippen LogP contribution in [0, 0.1) is 29.9 Å². The van der Waals surface area contributed by atoms with Crippen LogP contribution >= 0.6 is 0 Å². The van der Waals surface area contributed by atoms with E-state index in [9.17, 15) is 13.6 Å². The van der Waals surface area contributed by atoms with Gasteiger partial charge in [0.15, 0.2) is 0 Å². The van der Waals surface area contributed by atoms with Crippen molar-refractivity contribution in [2.75, 3.05) is 18.0 Å². The highest BCUT2D eigenvalue weighted by Gasteiger charge is 2.27. The highest BCUT2D eigenvalue weighted by atomic mass is 19.1. The van der Waals surface area contributed by atoms with Crippen molar-refractivity contribution in [3.05, 3.63) is 35.4 Å². The Morgan fingerprint density at radius 2 is 2.05 bits per heavy atom. The maximum atomic E-state index is 14.1. The molecule has 1 aromatic rings. The van der Waals surface area contributed by atoms with E-state index in [0.717, 1.165) is 37.1 Å². The Balaban J connectivity index is 2.29. The standard InChI is InChI=1S/C16H15F2NO2/c1-2-7-19(10-11-3-4-11)16-13(17)8-12(9-14(16)18)5-6-15(20)21/h1,5-6,8-9,11H,3-4,7,10H2,(H,20,21)/b6-5+. The van der Waals surface area contributed by atoms with Gasteiger partial charge in [-0.05, 0) is 42.5 Å². The van der Waals surface area contributed by atoms with Crippen LogP contribution in [0.4, 0.5) is 14.5 Å². The third-order valence-corrected chi connectivity index (χ3v) is 3.23. The van der Waals surface area contributed by atoms with Gasteiger partial charge in [-0.15, -0.1) is 6.42 Å². The van der Waals surface area contributed by atoms with E-state index >= 15 is 0 Å². The molecule has 1 aromatic carbocycles.